The average molecular weight is 247 g/mol. The van der Waals surface area contributed by atoms with Crippen LogP contribution in [0.5, 0.6) is 0 Å². The number of aliphatic hydroxyl groups is 2. The maximum absolute atomic E-state index is 10.7. The molecular formula is C9H11ClN2O4. The summed E-state index contributed by atoms with van der Waals surface area (Å²) in [5, 5.41) is 29.7. The monoisotopic (exact) mass is 246 g/mol. The predicted molar refractivity (Wildman–Crippen MR) is 59.2 cm³/mol. The molecule has 0 bridgehead atoms. The summed E-state index contributed by atoms with van der Waals surface area (Å²) in [4.78, 5) is 10.0. The normalized spacial score (nSPS) is 14.4. The van der Waals surface area contributed by atoms with Crippen LogP contribution in [0.4, 0.5) is 11.4 Å². The maximum atomic E-state index is 10.7. The smallest absolute Gasteiger partial charge is 0.277 e. The number of halogens is 1. The molecule has 1 aromatic carbocycles. The van der Waals surface area contributed by atoms with Gasteiger partial charge in [-0.1, -0.05) is 0 Å². The fraction of sp³-hybridized carbons (Fsp3) is 0.333. The van der Waals surface area contributed by atoms with Gasteiger partial charge in [-0.05, 0) is 12.1 Å². The number of nitro benzene ring substituents is 1. The van der Waals surface area contributed by atoms with E-state index in [2.05, 4.69) is 0 Å². The Hall–Kier alpha value is -1.37. The molecule has 6 nitrogen and oxygen atoms in total. The van der Waals surface area contributed by atoms with Crippen LogP contribution >= 0.6 is 11.6 Å². The van der Waals surface area contributed by atoms with E-state index < -0.39 is 17.1 Å². The zero-order valence-electron chi connectivity index (χ0n) is 8.21. The molecule has 7 heteroatoms. The number of benzene rings is 1. The molecule has 16 heavy (non-hydrogen) atoms. The van der Waals surface area contributed by atoms with Gasteiger partial charge in [0.25, 0.3) is 5.69 Å². The van der Waals surface area contributed by atoms with Gasteiger partial charge in [0.2, 0.25) is 0 Å². The van der Waals surface area contributed by atoms with E-state index in [-0.39, 0.29) is 22.8 Å². The van der Waals surface area contributed by atoms with Crippen molar-refractivity contribution in [3.63, 3.8) is 0 Å². The van der Waals surface area contributed by atoms with Crippen LogP contribution in [0.1, 0.15) is 11.7 Å². The van der Waals surface area contributed by atoms with Crippen molar-refractivity contribution < 1.29 is 15.1 Å². The Morgan fingerprint density at radius 2 is 2.12 bits per heavy atom. The molecule has 0 aromatic heterocycles. The van der Waals surface area contributed by atoms with Gasteiger partial charge in [-0.2, -0.15) is 0 Å². The number of rotatable bonds is 4. The highest BCUT2D eigenvalue weighted by Crippen LogP contribution is 2.29. The lowest BCUT2D eigenvalue weighted by Gasteiger charge is -2.15. The number of hydrogen-bond donors (Lipinski definition) is 3. The van der Waals surface area contributed by atoms with Gasteiger partial charge in [-0.25, -0.2) is 0 Å². The van der Waals surface area contributed by atoms with Crippen LogP contribution in [0.15, 0.2) is 18.2 Å². The minimum absolute atomic E-state index is 0.00708. The van der Waals surface area contributed by atoms with Crippen LogP contribution in [0.25, 0.3) is 0 Å². The second-order valence-electron chi connectivity index (χ2n) is 3.24. The van der Waals surface area contributed by atoms with Gasteiger partial charge in [-0.3, -0.25) is 10.1 Å². The molecule has 0 aliphatic heterocycles. The summed E-state index contributed by atoms with van der Waals surface area (Å²) in [6.07, 6.45) is -2.66. The molecule has 0 aliphatic carbocycles. The molecular weight excluding hydrogens is 236 g/mol. The molecule has 1 aromatic rings. The number of anilines is 1. The minimum Gasteiger partial charge on any atom is -0.399 e. The van der Waals surface area contributed by atoms with Crippen molar-refractivity contribution in [3.8, 4) is 0 Å². The van der Waals surface area contributed by atoms with E-state index in [9.17, 15) is 20.3 Å². The van der Waals surface area contributed by atoms with Crippen LogP contribution < -0.4 is 5.73 Å². The van der Waals surface area contributed by atoms with Crippen molar-refractivity contribution in [3.05, 3.63) is 33.9 Å². The molecule has 88 valence electrons. The standard InChI is InChI=1S/C9H11ClN2O4/c10-4-8(13)9(14)6-2-1-5(11)3-7(6)12(15)16/h1-3,8-9,13-14H,4,11H2. The van der Waals surface area contributed by atoms with Crippen LogP contribution in [-0.4, -0.2) is 27.1 Å². The Morgan fingerprint density at radius 1 is 1.50 bits per heavy atom. The lowest BCUT2D eigenvalue weighted by Crippen LogP contribution is -2.20. The summed E-state index contributed by atoms with van der Waals surface area (Å²) in [5.74, 6) is -0.220. The van der Waals surface area contributed by atoms with E-state index in [0.29, 0.717) is 0 Å². The summed E-state index contributed by atoms with van der Waals surface area (Å²) in [6.45, 7) is 0. The molecule has 0 aliphatic rings. The van der Waals surface area contributed by atoms with E-state index in [0.717, 1.165) is 6.07 Å². The van der Waals surface area contributed by atoms with Crippen molar-refractivity contribution in [2.24, 2.45) is 0 Å². The fourth-order valence-corrected chi connectivity index (χ4v) is 1.43. The number of nitrogens with zero attached hydrogens (tertiary/aromatic N) is 1. The van der Waals surface area contributed by atoms with Crippen molar-refractivity contribution in [2.75, 3.05) is 11.6 Å². The first-order valence-corrected chi connectivity index (χ1v) is 4.96. The first-order valence-electron chi connectivity index (χ1n) is 4.43. The summed E-state index contributed by atoms with van der Waals surface area (Å²) >= 11 is 5.36. The van der Waals surface area contributed by atoms with Gasteiger partial charge in [0.05, 0.1) is 22.5 Å². The molecule has 4 N–H and O–H groups in total. The van der Waals surface area contributed by atoms with E-state index >= 15 is 0 Å². The van der Waals surface area contributed by atoms with Crippen LogP contribution in [0.2, 0.25) is 0 Å². The van der Waals surface area contributed by atoms with Gasteiger partial charge in [0.1, 0.15) is 6.10 Å². The summed E-state index contributed by atoms with van der Waals surface area (Å²) in [7, 11) is 0. The van der Waals surface area contributed by atoms with Crippen LogP contribution in [0, 0.1) is 10.1 Å². The first-order chi connectivity index (χ1) is 7.47. The molecule has 0 spiro atoms. The van der Waals surface area contributed by atoms with E-state index in [1.807, 2.05) is 0 Å². The molecule has 0 saturated carbocycles. The van der Waals surface area contributed by atoms with Crippen molar-refractivity contribution >= 4 is 23.0 Å². The van der Waals surface area contributed by atoms with Gasteiger partial charge in [0, 0.05) is 11.8 Å². The van der Waals surface area contributed by atoms with E-state index in [1.54, 1.807) is 0 Å². The van der Waals surface area contributed by atoms with Crippen molar-refractivity contribution in [1.82, 2.24) is 0 Å². The van der Waals surface area contributed by atoms with Gasteiger partial charge < -0.3 is 15.9 Å². The Kier molecular flexibility index (Phi) is 4.05. The Balaban J connectivity index is 3.17. The Morgan fingerprint density at radius 3 is 2.62 bits per heavy atom. The second kappa shape index (κ2) is 5.11. The SMILES string of the molecule is Nc1ccc(C(O)C(O)CCl)c([N+](=O)[O-])c1. The molecule has 0 saturated heterocycles. The first kappa shape index (κ1) is 12.7. The van der Waals surface area contributed by atoms with E-state index in [4.69, 9.17) is 17.3 Å². The third-order valence-electron chi connectivity index (χ3n) is 2.09. The molecule has 0 radical (unpaired) electrons. The lowest BCUT2D eigenvalue weighted by molar-refractivity contribution is -0.386. The lowest BCUT2D eigenvalue weighted by atomic mass is 10.0. The largest absolute Gasteiger partial charge is 0.399 e. The van der Waals surface area contributed by atoms with E-state index in [1.165, 1.54) is 12.1 Å². The molecule has 2 unspecified atom stereocenters. The Bertz CT molecular complexity index is 399. The zero-order chi connectivity index (χ0) is 12.3. The highest BCUT2D eigenvalue weighted by molar-refractivity contribution is 6.18. The van der Waals surface area contributed by atoms with Gasteiger partial charge >= 0.3 is 0 Å². The molecule has 0 fully saturated rings. The fourth-order valence-electron chi connectivity index (χ4n) is 1.26. The third-order valence-corrected chi connectivity index (χ3v) is 2.41. The van der Waals surface area contributed by atoms with Crippen LogP contribution in [-0.2, 0) is 0 Å². The number of hydrogen-bond acceptors (Lipinski definition) is 5. The number of alkyl halides is 1. The topological polar surface area (TPSA) is 110 Å². The Labute approximate surface area is 96.4 Å². The van der Waals surface area contributed by atoms with Gasteiger partial charge in [0.15, 0.2) is 0 Å². The zero-order valence-corrected chi connectivity index (χ0v) is 8.96. The molecule has 1 rings (SSSR count). The summed E-state index contributed by atoms with van der Waals surface area (Å²) in [6, 6.07) is 3.83. The van der Waals surface area contributed by atoms with Crippen molar-refractivity contribution in [1.29, 1.82) is 0 Å². The number of nitrogens with two attached hydrogens (primary N) is 1. The van der Waals surface area contributed by atoms with Crippen LogP contribution in [0.3, 0.4) is 0 Å². The van der Waals surface area contributed by atoms with Crippen molar-refractivity contribution in [2.45, 2.75) is 12.2 Å². The summed E-state index contributed by atoms with van der Waals surface area (Å²) < 4.78 is 0. The third kappa shape index (κ3) is 2.60. The molecule has 0 amide bonds. The molecule has 2 atom stereocenters. The number of nitrogen functional groups attached to an aromatic ring is 1. The summed E-state index contributed by atoms with van der Waals surface area (Å²) in [5.41, 5.74) is 5.27. The second-order valence-corrected chi connectivity index (χ2v) is 3.55. The average Bonchev–Trinajstić information content (AvgIpc) is 2.26. The highest BCUT2D eigenvalue weighted by Gasteiger charge is 2.25. The minimum atomic E-state index is -1.40. The maximum Gasteiger partial charge on any atom is 0.277 e. The predicted octanol–water partition coefficient (Wildman–Crippen LogP) is 0.810. The van der Waals surface area contributed by atoms with Gasteiger partial charge in [-0.15, -0.1) is 11.6 Å². The number of aliphatic hydroxyl groups excluding tert-OH is 2. The molecule has 0 heterocycles. The highest BCUT2D eigenvalue weighted by atomic mass is 35.5. The quantitative estimate of drug-likeness (QED) is 0.315. The number of nitro groups is 1.